The van der Waals surface area contributed by atoms with Crippen molar-refractivity contribution in [3.05, 3.63) is 11.8 Å². The lowest BCUT2D eigenvalue weighted by Gasteiger charge is -2.63. The Balaban J connectivity index is 1.61. The van der Waals surface area contributed by atoms with Crippen LogP contribution in [0, 0.1) is 40.4 Å². The lowest BCUT2D eigenvalue weighted by atomic mass is 9.43. The first-order valence-electron chi connectivity index (χ1n) is 13.2. The van der Waals surface area contributed by atoms with Crippen LogP contribution in [0.2, 0.25) is 39.3 Å². The highest BCUT2D eigenvalue weighted by atomic mass is 28.4. The van der Waals surface area contributed by atoms with Crippen LogP contribution in [0.4, 0.5) is 0 Å². The largest absolute Gasteiger partial charge is 0.548 e. The first kappa shape index (κ1) is 24.1. The second kappa shape index (κ2) is 7.47. The highest BCUT2D eigenvalue weighted by Crippen LogP contribution is 2.69. The quantitative estimate of drug-likeness (QED) is 0.392. The van der Waals surface area contributed by atoms with Crippen LogP contribution in [0.1, 0.15) is 72.6 Å². The predicted molar refractivity (Wildman–Crippen MR) is 137 cm³/mol. The fourth-order valence-corrected chi connectivity index (χ4v) is 11.4. The molecule has 3 fully saturated rings. The fraction of sp³-hybridized carbons (Fsp3) is 0.926. The first-order chi connectivity index (χ1) is 14.1. The molecule has 0 aromatic carbocycles. The molecule has 3 saturated carbocycles. The standard InChI is InChI=1S/C27H50O2Si2/c1-19-17-20-18-21(28-30(5,6)7)11-14-25(20,2)22-12-15-26(3)23(24(19)22)13-16-27(26,4)29-31(8,9)10/h18-20,22-24H,11-17H2,1-10H3/t19-,20-,22?,23?,24?,25?,26?,27+/m1/s1. The van der Waals surface area contributed by atoms with Gasteiger partial charge in [0.15, 0.2) is 8.32 Å². The summed E-state index contributed by atoms with van der Waals surface area (Å²) in [6, 6.07) is 0. The van der Waals surface area contributed by atoms with Crippen LogP contribution in [0.15, 0.2) is 11.8 Å². The highest BCUT2D eigenvalue weighted by molar-refractivity contribution is 6.70. The van der Waals surface area contributed by atoms with Gasteiger partial charge in [-0.3, -0.25) is 0 Å². The monoisotopic (exact) mass is 462 g/mol. The molecular weight excluding hydrogens is 412 g/mol. The predicted octanol–water partition coefficient (Wildman–Crippen LogP) is 8.23. The maximum absolute atomic E-state index is 6.98. The van der Waals surface area contributed by atoms with Crippen molar-refractivity contribution in [1.82, 2.24) is 0 Å². The van der Waals surface area contributed by atoms with E-state index in [4.69, 9.17) is 8.85 Å². The van der Waals surface area contributed by atoms with E-state index in [0.717, 1.165) is 30.1 Å². The van der Waals surface area contributed by atoms with Crippen LogP contribution in [0.5, 0.6) is 0 Å². The Kier molecular flexibility index (Phi) is 5.80. The summed E-state index contributed by atoms with van der Waals surface area (Å²) in [5.41, 5.74) is 0.890. The Hall–Kier alpha value is -0.0662. The zero-order chi connectivity index (χ0) is 23.0. The van der Waals surface area contributed by atoms with Gasteiger partial charge in [-0.05, 0) is 131 Å². The molecule has 0 amide bonds. The van der Waals surface area contributed by atoms with Gasteiger partial charge in [-0.25, -0.2) is 0 Å². The molecule has 0 heterocycles. The van der Waals surface area contributed by atoms with Crippen molar-refractivity contribution >= 4 is 16.6 Å². The second-order valence-corrected chi connectivity index (χ2v) is 23.3. The highest BCUT2D eigenvalue weighted by Gasteiger charge is 2.65. The lowest BCUT2D eigenvalue weighted by Crippen LogP contribution is -2.59. The molecule has 0 aromatic rings. The lowest BCUT2D eigenvalue weighted by molar-refractivity contribution is -0.146. The topological polar surface area (TPSA) is 18.5 Å². The van der Waals surface area contributed by atoms with Crippen LogP contribution < -0.4 is 0 Å². The minimum atomic E-state index is -1.57. The van der Waals surface area contributed by atoms with Crippen LogP contribution in [0.25, 0.3) is 0 Å². The van der Waals surface area contributed by atoms with Crippen molar-refractivity contribution in [2.24, 2.45) is 40.4 Å². The van der Waals surface area contributed by atoms with Gasteiger partial charge in [0.2, 0.25) is 8.32 Å². The molecule has 0 saturated heterocycles. The summed E-state index contributed by atoms with van der Waals surface area (Å²) in [6.07, 6.45) is 11.8. The normalized spacial score (nSPS) is 47.8. The van der Waals surface area contributed by atoms with Crippen molar-refractivity contribution in [3.8, 4) is 0 Å². The average molecular weight is 463 g/mol. The van der Waals surface area contributed by atoms with Crippen molar-refractivity contribution < 1.29 is 8.85 Å². The molecule has 0 aromatic heterocycles. The summed E-state index contributed by atoms with van der Waals surface area (Å²) in [4.78, 5) is 0. The number of allylic oxidation sites excluding steroid dienone is 2. The van der Waals surface area contributed by atoms with Crippen LogP contribution in [-0.2, 0) is 8.85 Å². The van der Waals surface area contributed by atoms with Gasteiger partial charge in [-0.2, -0.15) is 0 Å². The van der Waals surface area contributed by atoms with Crippen molar-refractivity contribution in [3.63, 3.8) is 0 Å². The maximum atomic E-state index is 6.98. The summed E-state index contributed by atoms with van der Waals surface area (Å²) in [5, 5.41) is 0. The zero-order valence-electron chi connectivity index (χ0n) is 22.2. The van der Waals surface area contributed by atoms with Gasteiger partial charge >= 0.3 is 0 Å². The summed E-state index contributed by atoms with van der Waals surface area (Å²) in [5.74, 6) is 5.43. The number of hydrogen-bond acceptors (Lipinski definition) is 2. The molecule has 8 atom stereocenters. The Morgan fingerprint density at radius 2 is 1.52 bits per heavy atom. The van der Waals surface area contributed by atoms with E-state index in [0.29, 0.717) is 16.7 Å². The van der Waals surface area contributed by atoms with E-state index in [2.05, 4.69) is 73.1 Å². The third kappa shape index (κ3) is 4.05. The molecule has 5 unspecified atom stereocenters. The summed E-state index contributed by atoms with van der Waals surface area (Å²) < 4.78 is 13.5. The van der Waals surface area contributed by atoms with E-state index < -0.39 is 16.6 Å². The number of hydrogen-bond donors (Lipinski definition) is 0. The number of rotatable bonds is 4. The molecule has 4 rings (SSSR count). The molecule has 2 nitrogen and oxygen atoms in total. The molecule has 4 aliphatic carbocycles. The fourth-order valence-electron chi connectivity index (χ4n) is 8.74. The van der Waals surface area contributed by atoms with E-state index in [-0.39, 0.29) is 5.60 Å². The Bertz CT molecular complexity index is 734. The van der Waals surface area contributed by atoms with Gasteiger partial charge < -0.3 is 8.85 Å². The van der Waals surface area contributed by atoms with Crippen LogP contribution >= 0.6 is 0 Å². The van der Waals surface area contributed by atoms with E-state index in [9.17, 15) is 0 Å². The van der Waals surface area contributed by atoms with E-state index in [1.807, 2.05) is 0 Å². The van der Waals surface area contributed by atoms with Crippen molar-refractivity contribution in [2.45, 2.75) is 118 Å². The van der Waals surface area contributed by atoms with Gasteiger partial charge in [0.1, 0.15) is 0 Å². The molecule has 0 bridgehead atoms. The first-order valence-corrected chi connectivity index (χ1v) is 20.0. The van der Waals surface area contributed by atoms with Crippen LogP contribution in [0.3, 0.4) is 0 Å². The SMILES string of the molecule is C[C@@H]1C[C@@H]2C=C(O[Si](C)(C)C)CCC2(C)C2CCC3(C)C(CC[C@]3(C)O[Si](C)(C)C)C21. The summed E-state index contributed by atoms with van der Waals surface area (Å²) >= 11 is 0. The molecular formula is C27H50O2Si2. The smallest absolute Gasteiger partial charge is 0.241 e. The third-order valence-corrected chi connectivity index (χ3v) is 12.0. The molecule has 0 N–H and O–H groups in total. The van der Waals surface area contributed by atoms with E-state index in [1.54, 1.807) is 0 Å². The van der Waals surface area contributed by atoms with Gasteiger partial charge in [0.05, 0.1) is 11.4 Å². The second-order valence-electron chi connectivity index (χ2n) is 14.4. The van der Waals surface area contributed by atoms with Gasteiger partial charge in [-0.15, -0.1) is 0 Å². The molecule has 178 valence electrons. The van der Waals surface area contributed by atoms with Crippen molar-refractivity contribution in [2.75, 3.05) is 0 Å². The van der Waals surface area contributed by atoms with Gasteiger partial charge in [0, 0.05) is 6.42 Å². The molecule has 0 spiro atoms. The maximum Gasteiger partial charge on any atom is 0.241 e. The van der Waals surface area contributed by atoms with Crippen LogP contribution in [-0.4, -0.2) is 22.2 Å². The third-order valence-electron chi connectivity index (χ3n) is 10.1. The van der Waals surface area contributed by atoms with Gasteiger partial charge in [-0.1, -0.05) is 20.8 Å². The Labute approximate surface area is 195 Å². The molecule has 4 heteroatoms. The minimum absolute atomic E-state index is 0.0788. The van der Waals surface area contributed by atoms with Crippen molar-refractivity contribution in [1.29, 1.82) is 0 Å². The Morgan fingerprint density at radius 3 is 2.13 bits per heavy atom. The summed E-state index contributed by atoms with van der Waals surface area (Å²) in [6.45, 7) is 24.4. The molecule has 31 heavy (non-hydrogen) atoms. The Morgan fingerprint density at radius 1 is 0.871 bits per heavy atom. The van der Waals surface area contributed by atoms with Gasteiger partial charge in [0.25, 0.3) is 0 Å². The zero-order valence-corrected chi connectivity index (χ0v) is 24.2. The minimum Gasteiger partial charge on any atom is -0.548 e. The average Bonchev–Trinajstić information content (AvgIpc) is 2.84. The van der Waals surface area contributed by atoms with E-state index in [1.165, 1.54) is 44.3 Å². The summed E-state index contributed by atoms with van der Waals surface area (Å²) in [7, 11) is -3.09. The van der Waals surface area contributed by atoms with E-state index >= 15 is 0 Å². The molecule has 0 aliphatic heterocycles. The number of fused-ring (bicyclic) bond motifs is 5. The molecule has 0 radical (unpaired) electrons. The molecule has 4 aliphatic rings.